The SMILES string of the molecule is COc1nc2c(c(Nc3ccc(Cl)cc3)n1)CNCC2. The van der Waals surface area contributed by atoms with Crippen LogP contribution in [0, 0.1) is 0 Å². The van der Waals surface area contributed by atoms with E-state index in [2.05, 4.69) is 20.6 Å². The highest BCUT2D eigenvalue weighted by Gasteiger charge is 2.18. The zero-order chi connectivity index (χ0) is 13.9. The Morgan fingerprint density at radius 3 is 2.80 bits per heavy atom. The second-order valence-electron chi connectivity index (χ2n) is 4.54. The van der Waals surface area contributed by atoms with E-state index in [9.17, 15) is 0 Å². The molecular weight excluding hydrogens is 276 g/mol. The van der Waals surface area contributed by atoms with E-state index in [1.54, 1.807) is 7.11 Å². The summed E-state index contributed by atoms with van der Waals surface area (Å²) in [5.74, 6) is 0.779. The van der Waals surface area contributed by atoms with Crippen LogP contribution in [0.4, 0.5) is 11.5 Å². The number of benzene rings is 1. The first-order valence-corrected chi connectivity index (χ1v) is 6.81. The summed E-state index contributed by atoms with van der Waals surface area (Å²) < 4.78 is 5.17. The predicted molar refractivity (Wildman–Crippen MR) is 78.7 cm³/mol. The average molecular weight is 291 g/mol. The lowest BCUT2D eigenvalue weighted by atomic mass is 10.1. The van der Waals surface area contributed by atoms with E-state index in [0.717, 1.165) is 42.3 Å². The summed E-state index contributed by atoms with van der Waals surface area (Å²) in [7, 11) is 1.58. The van der Waals surface area contributed by atoms with Gasteiger partial charge in [-0.2, -0.15) is 9.97 Å². The van der Waals surface area contributed by atoms with Crippen LogP contribution in [-0.4, -0.2) is 23.6 Å². The van der Waals surface area contributed by atoms with Crippen molar-refractivity contribution in [2.45, 2.75) is 13.0 Å². The first-order chi connectivity index (χ1) is 9.76. The van der Waals surface area contributed by atoms with E-state index < -0.39 is 0 Å². The highest BCUT2D eigenvalue weighted by atomic mass is 35.5. The largest absolute Gasteiger partial charge is 0.467 e. The first kappa shape index (κ1) is 13.1. The number of fused-ring (bicyclic) bond motifs is 1. The van der Waals surface area contributed by atoms with Crippen molar-refractivity contribution in [3.8, 4) is 6.01 Å². The Kier molecular flexibility index (Phi) is 3.71. The molecule has 6 heteroatoms. The van der Waals surface area contributed by atoms with E-state index in [1.165, 1.54) is 0 Å². The van der Waals surface area contributed by atoms with Crippen molar-refractivity contribution in [2.24, 2.45) is 0 Å². The minimum absolute atomic E-state index is 0.391. The molecule has 0 bridgehead atoms. The van der Waals surface area contributed by atoms with E-state index in [4.69, 9.17) is 16.3 Å². The molecule has 0 aliphatic carbocycles. The molecular formula is C14H15ClN4O. The average Bonchev–Trinajstić information content (AvgIpc) is 2.49. The molecule has 20 heavy (non-hydrogen) atoms. The first-order valence-electron chi connectivity index (χ1n) is 6.43. The lowest BCUT2D eigenvalue weighted by Crippen LogP contribution is -2.26. The number of hydrogen-bond acceptors (Lipinski definition) is 5. The Bertz CT molecular complexity index is 615. The second kappa shape index (κ2) is 5.64. The van der Waals surface area contributed by atoms with Gasteiger partial charge in [0.05, 0.1) is 12.8 Å². The Morgan fingerprint density at radius 2 is 2.05 bits per heavy atom. The maximum absolute atomic E-state index is 5.89. The molecule has 1 aliphatic rings. The molecule has 2 N–H and O–H groups in total. The summed E-state index contributed by atoms with van der Waals surface area (Å²) in [4.78, 5) is 8.82. The summed E-state index contributed by atoms with van der Waals surface area (Å²) in [6.07, 6.45) is 0.878. The van der Waals surface area contributed by atoms with Gasteiger partial charge in [-0.15, -0.1) is 0 Å². The van der Waals surface area contributed by atoms with Crippen LogP contribution in [0.5, 0.6) is 6.01 Å². The highest BCUT2D eigenvalue weighted by molar-refractivity contribution is 6.30. The molecule has 0 unspecified atom stereocenters. The number of ether oxygens (including phenoxy) is 1. The van der Waals surface area contributed by atoms with Crippen LogP contribution in [0.2, 0.25) is 5.02 Å². The number of methoxy groups -OCH3 is 1. The van der Waals surface area contributed by atoms with Crippen LogP contribution in [0.25, 0.3) is 0 Å². The lowest BCUT2D eigenvalue weighted by Gasteiger charge is -2.20. The Balaban J connectivity index is 1.96. The number of nitrogens with zero attached hydrogens (tertiary/aromatic N) is 2. The van der Waals surface area contributed by atoms with Gasteiger partial charge in [-0.3, -0.25) is 0 Å². The van der Waals surface area contributed by atoms with E-state index in [-0.39, 0.29) is 0 Å². The molecule has 0 spiro atoms. The number of rotatable bonds is 3. The van der Waals surface area contributed by atoms with Crippen molar-refractivity contribution in [3.63, 3.8) is 0 Å². The van der Waals surface area contributed by atoms with Gasteiger partial charge >= 0.3 is 6.01 Å². The Labute approximate surface area is 122 Å². The van der Waals surface area contributed by atoms with Crippen molar-refractivity contribution < 1.29 is 4.74 Å². The zero-order valence-electron chi connectivity index (χ0n) is 11.1. The molecule has 1 aromatic heterocycles. The number of anilines is 2. The van der Waals surface area contributed by atoms with Crippen molar-refractivity contribution in [1.29, 1.82) is 0 Å². The molecule has 0 atom stereocenters. The Hall–Kier alpha value is -1.85. The van der Waals surface area contributed by atoms with Gasteiger partial charge in [0.1, 0.15) is 5.82 Å². The monoisotopic (exact) mass is 290 g/mol. The smallest absolute Gasteiger partial charge is 0.318 e. The van der Waals surface area contributed by atoms with Crippen molar-refractivity contribution in [2.75, 3.05) is 19.0 Å². The molecule has 5 nitrogen and oxygen atoms in total. The highest BCUT2D eigenvalue weighted by Crippen LogP contribution is 2.26. The normalized spacial score (nSPS) is 13.7. The van der Waals surface area contributed by atoms with Gasteiger partial charge in [0.2, 0.25) is 0 Å². The fraction of sp³-hybridized carbons (Fsp3) is 0.286. The van der Waals surface area contributed by atoms with E-state index >= 15 is 0 Å². The molecule has 0 fully saturated rings. The van der Waals surface area contributed by atoms with E-state index in [0.29, 0.717) is 11.0 Å². The fourth-order valence-corrected chi connectivity index (χ4v) is 2.31. The van der Waals surface area contributed by atoms with Crippen molar-refractivity contribution in [1.82, 2.24) is 15.3 Å². The predicted octanol–water partition coefficient (Wildman–Crippen LogP) is 2.53. The van der Waals surface area contributed by atoms with E-state index in [1.807, 2.05) is 24.3 Å². The summed E-state index contributed by atoms with van der Waals surface area (Å²) in [5.41, 5.74) is 3.06. The topological polar surface area (TPSA) is 59.1 Å². The fourth-order valence-electron chi connectivity index (χ4n) is 2.19. The minimum atomic E-state index is 0.391. The lowest BCUT2D eigenvalue weighted by molar-refractivity contribution is 0.377. The van der Waals surface area contributed by atoms with Crippen LogP contribution in [-0.2, 0) is 13.0 Å². The third-order valence-corrected chi connectivity index (χ3v) is 3.45. The molecule has 2 heterocycles. The molecule has 0 saturated carbocycles. The van der Waals surface area contributed by atoms with Crippen LogP contribution < -0.4 is 15.4 Å². The molecule has 0 saturated heterocycles. The van der Waals surface area contributed by atoms with Crippen LogP contribution >= 0.6 is 11.6 Å². The third-order valence-electron chi connectivity index (χ3n) is 3.20. The molecule has 1 aliphatic heterocycles. The summed E-state index contributed by atoms with van der Waals surface area (Å²) in [6, 6.07) is 7.90. The zero-order valence-corrected chi connectivity index (χ0v) is 11.9. The number of aromatic nitrogens is 2. The van der Waals surface area contributed by atoms with Gasteiger partial charge in [0.15, 0.2) is 0 Å². The molecule has 104 valence electrons. The van der Waals surface area contributed by atoms with Crippen molar-refractivity contribution in [3.05, 3.63) is 40.5 Å². The quantitative estimate of drug-likeness (QED) is 0.910. The van der Waals surface area contributed by atoms with Gasteiger partial charge < -0.3 is 15.4 Å². The number of hydrogen-bond donors (Lipinski definition) is 2. The minimum Gasteiger partial charge on any atom is -0.467 e. The van der Waals surface area contributed by atoms with Crippen LogP contribution in [0.15, 0.2) is 24.3 Å². The molecule has 3 rings (SSSR count). The van der Waals surface area contributed by atoms with Gasteiger partial charge in [0, 0.05) is 35.8 Å². The third kappa shape index (κ3) is 2.69. The molecule has 2 aromatic rings. The maximum atomic E-state index is 5.89. The van der Waals surface area contributed by atoms with Gasteiger partial charge in [0.25, 0.3) is 0 Å². The maximum Gasteiger partial charge on any atom is 0.318 e. The summed E-state index contributed by atoms with van der Waals surface area (Å²) >= 11 is 5.89. The summed E-state index contributed by atoms with van der Waals surface area (Å²) in [5, 5.41) is 7.34. The second-order valence-corrected chi connectivity index (χ2v) is 4.98. The standard InChI is InChI=1S/C14H15ClN4O/c1-20-14-18-12-6-7-16-8-11(12)13(19-14)17-10-4-2-9(15)3-5-10/h2-5,16H,6-8H2,1H3,(H,17,18,19). The van der Waals surface area contributed by atoms with Crippen molar-refractivity contribution >= 4 is 23.1 Å². The number of halogens is 1. The summed E-state index contributed by atoms with van der Waals surface area (Å²) in [6.45, 7) is 1.68. The number of nitrogens with one attached hydrogen (secondary N) is 2. The van der Waals surface area contributed by atoms with Gasteiger partial charge in [-0.25, -0.2) is 0 Å². The molecule has 0 radical (unpaired) electrons. The van der Waals surface area contributed by atoms with Gasteiger partial charge in [-0.05, 0) is 24.3 Å². The van der Waals surface area contributed by atoms with Crippen LogP contribution in [0.3, 0.4) is 0 Å². The Morgan fingerprint density at radius 1 is 1.25 bits per heavy atom. The van der Waals surface area contributed by atoms with Crippen LogP contribution in [0.1, 0.15) is 11.3 Å². The molecule has 1 aromatic carbocycles. The van der Waals surface area contributed by atoms with Gasteiger partial charge in [-0.1, -0.05) is 11.6 Å². The molecule has 0 amide bonds.